The van der Waals surface area contributed by atoms with Crippen molar-refractivity contribution < 1.29 is 19.0 Å². The van der Waals surface area contributed by atoms with Crippen molar-refractivity contribution in [2.75, 3.05) is 40.5 Å². The number of nitrogens with zero attached hydrogens (tertiary/aromatic N) is 1. The van der Waals surface area contributed by atoms with Crippen LogP contribution in [0.4, 0.5) is 0 Å². The fourth-order valence-electron chi connectivity index (χ4n) is 2.11. The van der Waals surface area contributed by atoms with Crippen LogP contribution in [0.15, 0.2) is 12.1 Å². The van der Waals surface area contributed by atoms with E-state index in [0.29, 0.717) is 36.0 Å². The van der Waals surface area contributed by atoms with Gasteiger partial charge < -0.3 is 24.8 Å². The number of hydrogen-bond donors (Lipinski definition) is 1. The van der Waals surface area contributed by atoms with E-state index < -0.39 is 0 Å². The van der Waals surface area contributed by atoms with Crippen molar-refractivity contribution in [1.82, 2.24) is 4.90 Å². The van der Waals surface area contributed by atoms with Crippen LogP contribution < -0.4 is 19.9 Å². The molecule has 1 fully saturated rings. The van der Waals surface area contributed by atoms with Crippen LogP contribution >= 0.6 is 0 Å². The molecule has 1 aromatic rings. The molecule has 2 N–H and O–H groups in total. The standard InChI is InChI=1S/C15H22N2O4/c1-19-12-9-11(15(18)17-6-4-7-17)10-13(20-2)14(12)21-8-3-5-16/h9-10H,3-8,16H2,1-2H3. The van der Waals surface area contributed by atoms with Crippen LogP contribution in [-0.4, -0.2) is 51.3 Å². The molecule has 21 heavy (non-hydrogen) atoms. The molecule has 1 heterocycles. The molecule has 2 rings (SSSR count). The lowest BCUT2D eigenvalue weighted by Gasteiger charge is -2.31. The number of methoxy groups -OCH3 is 2. The molecule has 6 heteroatoms. The quantitative estimate of drug-likeness (QED) is 0.767. The van der Waals surface area contributed by atoms with Gasteiger partial charge in [0.1, 0.15) is 0 Å². The van der Waals surface area contributed by atoms with Crippen LogP contribution in [0.3, 0.4) is 0 Å². The van der Waals surface area contributed by atoms with E-state index in [0.717, 1.165) is 25.9 Å². The van der Waals surface area contributed by atoms with Gasteiger partial charge in [-0.25, -0.2) is 0 Å². The number of carbonyl (C=O) groups is 1. The summed E-state index contributed by atoms with van der Waals surface area (Å²) in [6.07, 6.45) is 1.79. The molecule has 1 saturated heterocycles. The van der Waals surface area contributed by atoms with Crippen molar-refractivity contribution in [2.24, 2.45) is 5.73 Å². The van der Waals surface area contributed by atoms with Crippen molar-refractivity contribution in [3.63, 3.8) is 0 Å². The van der Waals surface area contributed by atoms with Gasteiger partial charge in [0.05, 0.1) is 20.8 Å². The van der Waals surface area contributed by atoms with Crippen LogP contribution in [0.25, 0.3) is 0 Å². The fraction of sp³-hybridized carbons (Fsp3) is 0.533. The average Bonchev–Trinajstić information content (AvgIpc) is 2.45. The third kappa shape index (κ3) is 3.39. The van der Waals surface area contributed by atoms with Gasteiger partial charge in [-0.05, 0) is 31.5 Å². The Morgan fingerprint density at radius 2 is 1.86 bits per heavy atom. The summed E-state index contributed by atoms with van der Waals surface area (Å²) >= 11 is 0. The van der Waals surface area contributed by atoms with Crippen LogP contribution in [0.5, 0.6) is 17.2 Å². The van der Waals surface area contributed by atoms with Crippen molar-refractivity contribution in [1.29, 1.82) is 0 Å². The molecule has 0 spiro atoms. The maximum Gasteiger partial charge on any atom is 0.254 e. The third-order valence-electron chi connectivity index (χ3n) is 3.45. The smallest absolute Gasteiger partial charge is 0.254 e. The molecular formula is C15H22N2O4. The van der Waals surface area contributed by atoms with Gasteiger partial charge in [0.25, 0.3) is 5.91 Å². The second-order valence-electron chi connectivity index (χ2n) is 4.85. The molecule has 0 aromatic heterocycles. The number of nitrogens with two attached hydrogens (primary N) is 1. The predicted octanol–water partition coefficient (Wildman–Crippen LogP) is 1.28. The zero-order chi connectivity index (χ0) is 15.2. The van der Waals surface area contributed by atoms with Gasteiger partial charge in [0.2, 0.25) is 5.75 Å². The minimum Gasteiger partial charge on any atom is -0.493 e. The number of amides is 1. The number of likely N-dealkylation sites (tertiary alicyclic amines) is 1. The zero-order valence-corrected chi connectivity index (χ0v) is 12.6. The molecule has 1 amide bonds. The summed E-state index contributed by atoms with van der Waals surface area (Å²) in [5.74, 6) is 1.49. The first kappa shape index (κ1) is 15.4. The Kier molecular flexibility index (Phi) is 5.27. The number of hydrogen-bond acceptors (Lipinski definition) is 5. The van der Waals surface area contributed by atoms with Crippen LogP contribution in [0.2, 0.25) is 0 Å². The van der Waals surface area contributed by atoms with E-state index in [1.807, 2.05) is 0 Å². The number of ether oxygens (including phenoxy) is 3. The summed E-state index contributed by atoms with van der Waals surface area (Å²) in [6.45, 7) is 2.63. The molecule has 0 saturated carbocycles. The van der Waals surface area contributed by atoms with E-state index in [1.165, 1.54) is 0 Å². The lowest BCUT2D eigenvalue weighted by Crippen LogP contribution is -2.42. The highest BCUT2D eigenvalue weighted by molar-refractivity contribution is 5.96. The lowest BCUT2D eigenvalue weighted by atomic mass is 10.1. The first-order valence-electron chi connectivity index (χ1n) is 7.09. The number of rotatable bonds is 7. The van der Waals surface area contributed by atoms with Crippen LogP contribution in [0, 0.1) is 0 Å². The molecule has 1 aliphatic heterocycles. The van der Waals surface area contributed by atoms with Gasteiger partial charge in [-0.2, -0.15) is 0 Å². The molecule has 1 aromatic carbocycles. The SMILES string of the molecule is COc1cc(C(=O)N2CCC2)cc(OC)c1OCCCN. The average molecular weight is 294 g/mol. The summed E-state index contributed by atoms with van der Waals surface area (Å²) < 4.78 is 16.3. The third-order valence-corrected chi connectivity index (χ3v) is 3.45. The molecule has 0 bridgehead atoms. The van der Waals surface area contributed by atoms with Gasteiger partial charge in [-0.15, -0.1) is 0 Å². The fourth-order valence-corrected chi connectivity index (χ4v) is 2.11. The molecule has 1 aliphatic rings. The van der Waals surface area contributed by atoms with Gasteiger partial charge in [0.15, 0.2) is 11.5 Å². The molecule has 0 atom stereocenters. The Balaban J connectivity index is 2.26. The van der Waals surface area contributed by atoms with Gasteiger partial charge >= 0.3 is 0 Å². The zero-order valence-electron chi connectivity index (χ0n) is 12.6. The van der Waals surface area contributed by atoms with Crippen molar-refractivity contribution in [3.8, 4) is 17.2 Å². The van der Waals surface area contributed by atoms with Gasteiger partial charge in [-0.1, -0.05) is 0 Å². The van der Waals surface area contributed by atoms with Crippen LogP contribution in [-0.2, 0) is 0 Å². The molecule has 0 unspecified atom stereocenters. The van der Waals surface area contributed by atoms with E-state index >= 15 is 0 Å². The highest BCUT2D eigenvalue weighted by Gasteiger charge is 2.24. The minimum absolute atomic E-state index is 0.00800. The minimum atomic E-state index is -0.00800. The van der Waals surface area contributed by atoms with E-state index in [1.54, 1.807) is 31.3 Å². The van der Waals surface area contributed by atoms with Crippen LogP contribution in [0.1, 0.15) is 23.2 Å². The van der Waals surface area contributed by atoms with Gasteiger partial charge in [-0.3, -0.25) is 4.79 Å². The lowest BCUT2D eigenvalue weighted by molar-refractivity contribution is 0.0651. The van der Waals surface area contributed by atoms with Crippen molar-refractivity contribution in [3.05, 3.63) is 17.7 Å². The number of benzene rings is 1. The molecular weight excluding hydrogens is 272 g/mol. The predicted molar refractivity (Wildman–Crippen MR) is 79.2 cm³/mol. The Bertz CT molecular complexity index is 475. The summed E-state index contributed by atoms with van der Waals surface area (Å²) in [6, 6.07) is 3.39. The maximum absolute atomic E-state index is 12.3. The Hall–Kier alpha value is -1.95. The summed E-state index contributed by atoms with van der Waals surface area (Å²) in [7, 11) is 3.09. The highest BCUT2D eigenvalue weighted by Crippen LogP contribution is 2.39. The Labute approximate surface area is 124 Å². The van der Waals surface area contributed by atoms with Crippen molar-refractivity contribution in [2.45, 2.75) is 12.8 Å². The summed E-state index contributed by atoms with van der Waals surface area (Å²) in [5, 5.41) is 0. The topological polar surface area (TPSA) is 74.0 Å². The second kappa shape index (κ2) is 7.17. The van der Waals surface area contributed by atoms with Gasteiger partial charge in [0, 0.05) is 18.7 Å². The molecule has 0 aliphatic carbocycles. The monoisotopic (exact) mass is 294 g/mol. The van der Waals surface area contributed by atoms with E-state index in [4.69, 9.17) is 19.9 Å². The highest BCUT2D eigenvalue weighted by atomic mass is 16.5. The first-order chi connectivity index (χ1) is 10.2. The molecule has 6 nitrogen and oxygen atoms in total. The largest absolute Gasteiger partial charge is 0.493 e. The van der Waals surface area contributed by atoms with E-state index in [9.17, 15) is 4.79 Å². The molecule has 0 radical (unpaired) electrons. The number of carbonyl (C=O) groups excluding carboxylic acids is 1. The van der Waals surface area contributed by atoms with E-state index in [-0.39, 0.29) is 5.91 Å². The maximum atomic E-state index is 12.3. The Morgan fingerprint density at radius 1 is 1.24 bits per heavy atom. The summed E-state index contributed by atoms with van der Waals surface area (Å²) in [5.41, 5.74) is 6.01. The first-order valence-corrected chi connectivity index (χ1v) is 7.09. The normalized spacial score (nSPS) is 13.6. The Morgan fingerprint density at radius 3 is 2.29 bits per heavy atom. The second-order valence-corrected chi connectivity index (χ2v) is 4.85. The summed E-state index contributed by atoms with van der Waals surface area (Å²) in [4.78, 5) is 14.1. The van der Waals surface area contributed by atoms with Crippen molar-refractivity contribution >= 4 is 5.91 Å². The van der Waals surface area contributed by atoms with E-state index in [2.05, 4.69) is 0 Å². The molecule has 116 valence electrons.